The second-order valence-electron chi connectivity index (χ2n) is 5.38. The quantitative estimate of drug-likeness (QED) is 0.700. The van der Waals surface area contributed by atoms with Gasteiger partial charge in [-0.25, -0.2) is 8.42 Å². The first-order valence-corrected chi connectivity index (χ1v) is 8.84. The predicted octanol–water partition coefficient (Wildman–Crippen LogP) is 1.97. The van der Waals surface area contributed by atoms with E-state index in [0.29, 0.717) is 22.8 Å². The van der Waals surface area contributed by atoms with Crippen molar-refractivity contribution in [1.82, 2.24) is 20.2 Å². The standard InChI is InChI=1S/C16H15N5O3S/c1-11(22)13-5-3-8-16(9-13)25(23,24)18-14-6-4-7-15(10-14)21-12(2)17-19-20-21/h3-10,18H,1-2H3. The number of anilines is 1. The van der Waals surface area contributed by atoms with Crippen LogP contribution in [0.2, 0.25) is 0 Å². The summed E-state index contributed by atoms with van der Waals surface area (Å²) in [5, 5.41) is 11.2. The first kappa shape index (κ1) is 16.8. The molecule has 0 saturated heterocycles. The van der Waals surface area contributed by atoms with Gasteiger partial charge in [-0.1, -0.05) is 18.2 Å². The molecular weight excluding hydrogens is 342 g/mol. The molecule has 2 aromatic carbocycles. The number of aromatic nitrogens is 4. The number of sulfonamides is 1. The minimum absolute atomic E-state index is 0.0178. The van der Waals surface area contributed by atoms with Gasteiger partial charge in [-0.05, 0) is 54.6 Å². The van der Waals surface area contributed by atoms with Crippen LogP contribution < -0.4 is 4.72 Å². The van der Waals surface area contributed by atoms with Crippen LogP contribution in [0, 0.1) is 6.92 Å². The number of nitrogens with one attached hydrogen (secondary N) is 1. The summed E-state index contributed by atoms with van der Waals surface area (Å²) < 4.78 is 29.1. The number of carbonyl (C=O) groups excluding carboxylic acids is 1. The summed E-state index contributed by atoms with van der Waals surface area (Å²) in [7, 11) is -3.83. The summed E-state index contributed by atoms with van der Waals surface area (Å²) in [4.78, 5) is 11.5. The van der Waals surface area contributed by atoms with E-state index < -0.39 is 10.0 Å². The normalized spacial score (nSPS) is 11.3. The van der Waals surface area contributed by atoms with Crippen LogP contribution in [0.4, 0.5) is 5.69 Å². The molecule has 25 heavy (non-hydrogen) atoms. The van der Waals surface area contributed by atoms with Crippen molar-refractivity contribution < 1.29 is 13.2 Å². The van der Waals surface area contributed by atoms with Crippen molar-refractivity contribution >= 4 is 21.5 Å². The van der Waals surface area contributed by atoms with Gasteiger partial charge in [0, 0.05) is 5.56 Å². The zero-order valence-electron chi connectivity index (χ0n) is 13.5. The maximum atomic E-state index is 12.6. The average molecular weight is 357 g/mol. The maximum Gasteiger partial charge on any atom is 0.261 e. The lowest BCUT2D eigenvalue weighted by molar-refractivity contribution is 0.101. The fourth-order valence-corrected chi connectivity index (χ4v) is 3.36. The van der Waals surface area contributed by atoms with Gasteiger partial charge >= 0.3 is 0 Å². The summed E-state index contributed by atoms with van der Waals surface area (Å²) in [6.45, 7) is 3.13. The van der Waals surface area contributed by atoms with E-state index in [1.807, 2.05) is 0 Å². The number of aryl methyl sites for hydroxylation is 1. The Hall–Kier alpha value is -3.07. The zero-order valence-corrected chi connectivity index (χ0v) is 14.4. The highest BCUT2D eigenvalue weighted by atomic mass is 32.2. The van der Waals surface area contributed by atoms with Crippen molar-refractivity contribution in [2.45, 2.75) is 18.7 Å². The van der Waals surface area contributed by atoms with Gasteiger partial charge in [-0.15, -0.1) is 5.10 Å². The molecule has 0 atom stereocenters. The second kappa shape index (κ2) is 6.44. The van der Waals surface area contributed by atoms with E-state index in [1.54, 1.807) is 37.3 Å². The molecule has 0 bridgehead atoms. The Bertz CT molecular complexity index is 1040. The number of hydrogen-bond donors (Lipinski definition) is 1. The number of hydrogen-bond acceptors (Lipinski definition) is 6. The van der Waals surface area contributed by atoms with Gasteiger partial charge in [0.1, 0.15) is 0 Å². The van der Waals surface area contributed by atoms with Crippen LogP contribution in [-0.4, -0.2) is 34.4 Å². The number of Topliss-reactive ketones (excluding diaryl/α,β-unsaturated/α-hetero) is 1. The molecule has 0 amide bonds. The predicted molar refractivity (Wildman–Crippen MR) is 91.1 cm³/mol. The van der Waals surface area contributed by atoms with Crippen molar-refractivity contribution in [2.75, 3.05) is 4.72 Å². The van der Waals surface area contributed by atoms with Crippen LogP contribution in [0.5, 0.6) is 0 Å². The van der Waals surface area contributed by atoms with Crippen molar-refractivity contribution in [1.29, 1.82) is 0 Å². The molecule has 1 N–H and O–H groups in total. The number of carbonyl (C=O) groups is 1. The smallest absolute Gasteiger partial charge is 0.261 e. The van der Waals surface area contributed by atoms with E-state index in [4.69, 9.17) is 0 Å². The molecule has 9 heteroatoms. The summed E-state index contributed by atoms with van der Waals surface area (Å²) >= 11 is 0. The first-order chi connectivity index (χ1) is 11.9. The van der Waals surface area contributed by atoms with E-state index in [0.717, 1.165) is 0 Å². The number of ketones is 1. The Kier molecular flexibility index (Phi) is 4.32. The van der Waals surface area contributed by atoms with Crippen molar-refractivity contribution in [3.63, 3.8) is 0 Å². The fourth-order valence-electron chi connectivity index (χ4n) is 2.27. The van der Waals surface area contributed by atoms with Crippen LogP contribution in [0.15, 0.2) is 53.4 Å². The Labute approximate surface area is 144 Å². The van der Waals surface area contributed by atoms with E-state index >= 15 is 0 Å². The van der Waals surface area contributed by atoms with Crippen LogP contribution in [-0.2, 0) is 10.0 Å². The molecule has 0 fully saturated rings. The van der Waals surface area contributed by atoms with Gasteiger partial charge in [0.15, 0.2) is 11.6 Å². The molecule has 0 aliphatic carbocycles. The van der Waals surface area contributed by atoms with Crippen LogP contribution in [0.1, 0.15) is 23.1 Å². The molecular formula is C16H15N5O3S. The first-order valence-electron chi connectivity index (χ1n) is 7.36. The van der Waals surface area contributed by atoms with Crippen LogP contribution >= 0.6 is 0 Å². The SMILES string of the molecule is CC(=O)c1cccc(S(=O)(=O)Nc2cccc(-n3nnnc3C)c2)c1. The highest BCUT2D eigenvalue weighted by Crippen LogP contribution is 2.20. The molecule has 3 aromatic rings. The Morgan fingerprint density at radius 3 is 2.56 bits per heavy atom. The molecule has 0 saturated carbocycles. The second-order valence-corrected chi connectivity index (χ2v) is 7.06. The van der Waals surface area contributed by atoms with Gasteiger partial charge in [-0.3, -0.25) is 9.52 Å². The summed E-state index contributed by atoms with van der Waals surface area (Å²) in [6, 6.07) is 12.6. The fraction of sp³-hybridized carbons (Fsp3) is 0.125. The molecule has 1 aromatic heterocycles. The number of benzene rings is 2. The number of nitrogens with zero attached hydrogens (tertiary/aromatic N) is 4. The average Bonchev–Trinajstić information content (AvgIpc) is 3.01. The lowest BCUT2D eigenvalue weighted by Crippen LogP contribution is -2.14. The topological polar surface area (TPSA) is 107 Å². The van der Waals surface area contributed by atoms with Crippen LogP contribution in [0.3, 0.4) is 0 Å². The number of rotatable bonds is 5. The highest BCUT2D eigenvalue weighted by molar-refractivity contribution is 7.92. The van der Waals surface area contributed by atoms with Crippen molar-refractivity contribution in [3.8, 4) is 5.69 Å². The highest BCUT2D eigenvalue weighted by Gasteiger charge is 2.16. The molecule has 0 unspecified atom stereocenters. The minimum atomic E-state index is -3.83. The third-order valence-corrected chi connectivity index (χ3v) is 4.90. The van der Waals surface area contributed by atoms with Crippen molar-refractivity contribution in [3.05, 3.63) is 59.9 Å². The summed E-state index contributed by atoms with van der Waals surface area (Å²) in [5.74, 6) is 0.377. The maximum absolute atomic E-state index is 12.6. The molecule has 0 radical (unpaired) electrons. The van der Waals surface area contributed by atoms with Gasteiger partial charge in [0.05, 0.1) is 16.3 Å². The largest absolute Gasteiger partial charge is 0.295 e. The van der Waals surface area contributed by atoms with E-state index in [1.165, 1.54) is 29.8 Å². The molecule has 0 spiro atoms. The molecule has 1 heterocycles. The monoisotopic (exact) mass is 357 g/mol. The Balaban J connectivity index is 1.93. The molecule has 8 nitrogen and oxygen atoms in total. The third kappa shape index (κ3) is 3.56. The van der Waals surface area contributed by atoms with Gasteiger partial charge < -0.3 is 0 Å². The summed E-state index contributed by atoms with van der Waals surface area (Å²) in [6.07, 6.45) is 0. The Morgan fingerprint density at radius 2 is 1.88 bits per heavy atom. The van der Waals surface area contributed by atoms with E-state index in [9.17, 15) is 13.2 Å². The van der Waals surface area contributed by atoms with E-state index in [2.05, 4.69) is 20.2 Å². The molecule has 3 rings (SSSR count). The lowest BCUT2D eigenvalue weighted by Gasteiger charge is -2.10. The third-order valence-electron chi connectivity index (χ3n) is 3.52. The van der Waals surface area contributed by atoms with Gasteiger partial charge in [-0.2, -0.15) is 4.68 Å². The van der Waals surface area contributed by atoms with Crippen molar-refractivity contribution in [2.24, 2.45) is 0 Å². The lowest BCUT2D eigenvalue weighted by atomic mass is 10.2. The summed E-state index contributed by atoms with van der Waals surface area (Å²) in [5.41, 5.74) is 1.32. The minimum Gasteiger partial charge on any atom is -0.295 e. The van der Waals surface area contributed by atoms with Gasteiger partial charge in [0.25, 0.3) is 10.0 Å². The number of tetrazole rings is 1. The molecule has 0 aliphatic heterocycles. The van der Waals surface area contributed by atoms with E-state index in [-0.39, 0.29) is 10.7 Å². The Morgan fingerprint density at radius 1 is 1.12 bits per heavy atom. The molecule has 128 valence electrons. The van der Waals surface area contributed by atoms with Crippen LogP contribution in [0.25, 0.3) is 5.69 Å². The van der Waals surface area contributed by atoms with Gasteiger partial charge in [0.2, 0.25) is 0 Å². The zero-order chi connectivity index (χ0) is 18.0. The molecule has 0 aliphatic rings.